The Balaban J connectivity index is 2.45. The molecule has 1 aliphatic rings. The van der Waals surface area contributed by atoms with Gasteiger partial charge in [-0.05, 0) is 19.3 Å². The summed E-state index contributed by atoms with van der Waals surface area (Å²) in [6, 6.07) is 0. The van der Waals surface area contributed by atoms with E-state index in [4.69, 9.17) is 4.74 Å². The minimum atomic E-state index is -0.272. The van der Waals surface area contributed by atoms with Gasteiger partial charge >= 0.3 is 0 Å². The van der Waals surface area contributed by atoms with Crippen LogP contribution in [0.3, 0.4) is 0 Å². The van der Waals surface area contributed by atoms with E-state index >= 15 is 0 Å². The van der Waals surface area contributed by atoms with E-state index < -0.39 is 0 Å². The van der Waals surface area contributed by atoms with Gasteiger partial charge in [-0.1, -0.05) is 20.8 Å². The van der Waals surface area contributed by atoms with Gasteiger partial charge in [0.2, 0.25) is 0 Å². The molecule has 0 bridgehead atoms. The Bertz CT molecular complexity index is 208. The van der Waals surface area contributed by atoms with Crippen molar-refractivity contribution in [3.63, 3.8) is 0 Å². The van der Waals surface area contributed by atoms with Crippen molar-refractivity contribution < 1.29 is 9.84 Å². The van der Waals surface area contributed by atoms with Gasteiger partial charge in [0, 0.05) is 19.6 Å². The molecule has 0 amide bonds. The third-order valence-corrected chi connectivity index (χ3v) is 2.94. The van der Waals surface area contributed by atoms with Crippen LogP contribution >= 0.6 is 0 Å². The molecule has 3 heteroatoms. The molecule has 1 fully saturated rings. The Morgan fingerprint density at radius 3 is 2.47 bits per heavy atom. The highest BCUT2D eigenvalue weighted by molar-refractivity contribution is 4.83. The summed E-state index contributed by atoms with van der Waals surface area (Å²) in [5.74, 6) is 0. The molecular weight excluding hydrogens is 190 g/mol. The number of β-amino-alcohol motifs (C(OH)–C–C–N with tert-alkyl or cyclic N) is 1. The zero-order chi connectivity index (χ0) is 11.7. The predicted octanol–water partition coefficient (Wildman–Crippen LogP) is 1.50. The molecular formula is C12H25NO2. The Morgan fingerprint density at radius 1 is 1.40 bits per heavy atom. The molecule has 0 aromatic heterocycles. The van der Waals surface area contributed by atoms with Crippen molar-refractivity contribution >= 4 is 0 Å². The van der Waals surface area contributed by atoms with Gasteiger partial charge in [0.05, 0.1) is 18.3 Å². The second kappa shape index (κ2) is 4.40. The fourth-order valence-electron chi connectivity index (χ4n) is 1.79. The van der Waals surface area contributed by atoms with Crippen LogP contribution in [0.15, 0.2) is 0 Å². The van der Waals surface area contributed by atoms with Crippen molar-refractivity contribution in [2.75, 3.05) is 26.2 Å². The number of morpholine rings is 1. The monoisotopic (exact) mass is 215 g/mol. The third kappa shape index (κ3) is 4.09. The van der Waals surface area contributed by atoms with Crippen LogP contribution in [-0.2, 0) is 4.74 Å². The molecule has 1 atom stereocenters. The van der Waals surface area contributed by atoms with Gasteiger partial charge in [0.15, 0.2) is 0 Å². The zero-order valence-corrected chi connectivity index (χ0v) is 10.7. The standard InChI is InChI=1S/C12H25NO2/c1-11(2,3)10(14)8-13-6-7-15-12(4,5)9-13/h10,14H,6-9H2,1-5H3. The SMILES string of the molecule is CC1(C)CN(CC(O)C(C)(C)C)CCO1. The largest absolute Gasteiger partial charge is 0.391 e. The number of aliphatic hydroxyl groups excluding tert-OH is 1. The van der Waals surface area contributed by atoms with Crippen LogP contribution in [0, 0.1) is 5.41 Å². The van der Waals surface area contributed by atoms with E-state index in [9.17, 15) is 5.11 Å². The molecule has 1 unspecified atom stereocenters. The maximum atomic E-state index is 10.0. The molecule has 1 N–H and O–H groups in total. The maximum Gasteiger partial charge on any atom is 0.0753 e. The average Bonchev–Trinajstić information content (AvgIpc) is 2.00. The van der Waals surface area contributed by atoms with Crippen molar-refractivity contribution in [2.24, 2.45) is 5.41 Å². The van der Waals surface area contributed by atoms with E-state index in [1.54, 1.807) is 0 Å². The van der Waals surface area contributed by atoms with Crippen LogP contribution in [0.5, 0.6) is 0 Å². The summed E-state index contributed by atoms with van der Waals surface area (Å²) >= 11 is 0. The fraction of sp³-hybridized carbons (Fsp3) is 1.00. The van der Waals surface area contributed by atoms with Crippen molar-refractivity contribution in [3.8, 4) is 0 Å². The van der Waals surface area contributed by atoms with Crippen LogP contribution in [0.25, 0.3) is 0 Å². The molecule has 0 aliphatic carbocycles. The number of ether oxygens (including phenoxy) is 1. The van der Waals surface area contributed by atoms with Gasteiger partial charge in [-0.3, -0.25) is 4.90 Å². The van der Waals surface area contributed by atoms with E-state index in [-0.39, 0.29) is 17.1 Å². The molecule has 0 saturated carbocycles. The summed E-state index contributed by atoms with van der Waals surface area (Å²) < 4.78 is 5.64. The summed E-state index contributed by atoms with van der Waals surface area (Å²) in [7, 11) is 0. The summed E-state index contributed by atoms with van der Waals surface area (Å²) in [6.45, 7) is 13.8. The lowest BCUT2D eigenvalue weighted by Crippen LogP contribution is -2.51. The number of nitrogens with zero attached hydrogens (tertiary/aromatic N) is 1. The lowest BCUT2D eigenvalue weighted by atomic mass is 9.88. The fourth-order valence-corrected chi connectivity index (χ4v) is 1.79. The molecule has 0 aromatic carbocycles. The topological polar surface area (TPSA) is 32.7 Å². The van der Waals surface area contributed by atoms with E-state index in [1.807, 2.05) is 0 Å². The van der Waals surface area contributed by atoms with Crippen molar-refractivity contribution in [1.82, 2.24) is 4.90 Å². The first-order valence-electron chi connectivity index (χ1n) is 5.75. The molecule has 1 heterocycles. The summed E-state index contributed by atoms with van der Waals surface area (Å²) in [5, 5.41) is 10.0. The van der Waals surface area contributed by atoms with Gasteiger partial charge in [-0.25, -0.2) is 0 Å². The van der Waals surface area contributed by atoms with Gasteiger partial charge in [-0.2, -0.15) is 0 Å². The van der Waals surface area contributed by atoms with Crippen molar-refractivity contribution in [2.45, 2.75) is 46.3 Å². The Kier molecular flexibility index (Phi) is 3.80. The quantitative estimate of drug-likeness (QED) is 0.758. The molecule has 0 spiro atoms. The maximum absolute atomic E-state index is 10.0. The zero-order valence-electron chi connectivity index (χ0n) is 10.7. The second-order valence-corrected chi connectivity index (χ2v) is 6.23. The number of hydrogen-bond donors (Lipinski definition) is 1. The predicted molar refractivity (Wildman–Crippen MR) is 61.9 cm³/mol. The van der Waals surface area contributed by atoms with Gasteiger partial charge in [0.1, 0.15) is 0 Å². The number of rotatable bonds is 2. The summed E-state index contributed by atoms with van der Waals surface area (Å²) in [5.41, 5.74) is -0.113. The van der Waals surface area contributed by atoms with Crippen LogP contribution in [0.2, 0.25) is 0 Å². The first-order chi connectivity index (χ1) is 6.71. The molecule has 0 aromatic rings. The Labute approximate surface area is 93.4 Å². The van der Waals surface area contributed by atoms with Crippen LogP contribution in [0.4, 0.5) is 0 Å². The molecule has 0 radical (unpaired) electrons. The number of aliphatic hydroxyl groups is 1. The van der Waals surface area contributed by atoms with Crippen molar-refractivity contribution in [3.05, 3.63) is 0 Å². The van der Waals surface area contributed by atoms with Crippen molar-refractivity contribution in [1.29, 1.82) is 0 Å². The lowest BCUT2D eigenvalue weighted by Gasteiger charge is -2.40. The third-order valence-electron chi connectivity index (χ3n) is 2.94. The van der Waals surface area contributed by atoms with Crippen LogP contribution in [-0.4, -0.2) is 48.0 Å². The molecule has 3 nitrogen and oxygen atoms in total. The second-order valence-electron chi connectivity index (χ2n) is 6.23. The Morgan fingerprint density at radius 2 is 2.00 bits per heavy atom. The highest BCUT2D eigenvalue weighted by Gasteiger charge is 2.31. The van der Waals surface area contributed by atoms with Gasteiger partial charge in [-0.15, -0.1) is 0 Å². The number of hydrogen-bond acceptors (Lipinski definition) is 3. The molecule has 1 rings (SSSR count). The van der Waals surface area contributed by atoms with E-state index in [0.29, 0.717) is 0 Å². The van der Waals surface area contributed by atoms with Gasteiger partial charge < -0.3 is 9.84 Å². The van der Waals surface area contributed by atoms with E-state index in [1.165, 1.54) is 0 Å². The van der Waals surface area contributed by atoms with Crippen LogP contribution < -0.4 is 0 Å². The average molecular weight is 215 g/mol. The molecule has 1 aliphatic heterocycles. The first-order valence-corrected chi connectivity index (χ1v) is 5.75. The van der Waals surface area contributed by atoms with Gasteiger partial charge in [0.25, 0.3) is 0 Å². The van der Waals surface area contributed by atoms with E-state index in [2.05, 4.69) is 39.5 Å². The normalized spacial score (nSPS) is 25.2. The smallest absolute Gasteiger partial charge is 0.0753 e. The van der Waals surface area contributed by atoms with Crippen LogP contribution in [0.1, 0.15) is 34.6 Å². The first kappa shape index (κ1) is 12.9. The Hall–Kier alpha value is -0.120. The van der Waals surface area contributed by atoms with E-state index in [0.717, 1.165) is 26.2 Å². The lowest BCUT2D eigenvalue weighted by molar-refractivity contribution is -0.0994. The minimum Gasteiger partial charge on any atom is -0.391 e. The molecule has 90 valence electrons. The molecule has 1 saturated heterocycles. The highest BCUT2D eigenvalue weighted by atomic mass is 16.5. The summed E-state index contributed by atoms with van der Waals surface area (Å²) in [6.07, 6.45) is -0.272. The molecule has 15 heavy (non-hydrogen) atoms. The minimum absolute atomic E-state index is 0.0392. The highest BCUT2D eigenvalue weighted by Crippen LogP contribution is 2.22. The summed E-state index contributed by atoms with van der Waals surface area (Å²) in [4.78, 5) is 2.29.